The summed E-state index contributed by atoms with van der Waals surface area (Å²) in [6, 6.07) is 8.95. The minimum Gasteiger partial charge on any atom is -0.454 e. The monoisotopic (exact) mass is 368 g/mol. The second-order valence-corrected chi connectivity index (χ2v) is 6.42. The van der Waals surface area contributed by atoms with Crippen LogP contribution in [0.25, 0.3) is 0 Å². The number of anilines is 2. The summed E-state index contributed by atoms with van der Waals surface area (Å²) in [6.07, 6.45) is 1.61. The number of amides is 2. The SMILES string of the molecule is CC(=O)N1CCN(C(=O)c2ccnc(Nc3ccc4c(c3)OCO4)c2)CC1. The van der Waals surface area contributed by atoms with Crippen molar-refractivity contribution in [3.8, 4) is 11.5 Å². The van der Waals surface area contributed by atoms with Gasteiger partial charge in [0.2, 0.25) is 12.7 Å². The van der Waals surface area contributed by atoms with Crippen LogP contribution in [0.3, 0.4) is 0 Å². The molecule has 2 aliphatic rings. The second-order valence-electron chi connectivity index (χ2n) is 6.42. The lowest BCUT2D eigenvalue weighted by molar-refractivity contribution is -0.130. The summed E-state index contributed by atoms with van der Waals surface area (Å²) >= 11 is 0. The van der Waals surface area contributed by atoms with E-state index in [1.165, 1.54) is 0 Å². The van der Waals surface area contributed by atoms with Crippen molar-refractivity contribution in [2.45, 2.75) is 6.92 Å². The van der Waals surface area contributed by atoms with Crippen molar-refractivity contribution < 1.29 is 19.1 Å². The first kappa shape index (κ1) is 17.1. The first-order chi connectivity index (χ1) is 13.1. The minimum absolute atomic E-state index is 0.0428. The number of hydrogen-bond donors (Lipinski definition) is 1. The van der Waals surface area contributed by atoms with Gasteiger partial charge in [0.05, 0.1) is 0 Å². The molecular weight excluding hydrogens is 348 g/mol. The van der Waals surface area contributed by atoms with E-state index in [4.69, 9.17) is 9.47 Å². The molecule has 2 amide bonds. The van der Waals surface area contributed by atoms with Gasteiger partial charge in [-0.2, -0.15) is 0 Å². The van der Waals surface area contributed by atoms with Crippen LogP contribution in [0, 0.1) is 0 Å². The van der Waals surface area contributed by atoms with E-state index in [1.807, 2.05) is 18.2 Å². The standard InChI is InChI=1S/C19H20N4O4/c1-13(24)22-6-8-23(9-7-22)19(25)14-4-5-20-18(10-14)21-15-2-3-16-17(11-15)27-12-26-16/h2-5,10-11H,6-9,12H2,1H3,(H,20,21). The predicted octanol–water partition coefficient (Wildman–Crippen LogP) is 1.86. The van der Waals surface area contributed by atoms with E-state index in [-0.39, 0.29) is 18.6 Å². The highest BCUT2D eigenvalue weighted by Crippen LogP contribution is 2.34. The summed E-state index contributed by atoms with van der Waals surface area (Å²) in [4.78, 5) is 32.0. The van der Waals surface area contributed by atoms with E-state index in [0.29, 0.717) is 49.1 Å². The third kappa shape index (κ3) is 3.64. The van der Waals surface area contributed by atoms with Gasteiger partial charge in [0.1, 0.15) is 5.82 Å². The number of carbonyl (C=O) groups is 2. The van der Waals surface area contributed by atoms with E-state index in [1.54, 1.807) is 35.1 Å². The Morgan fingerprint density at radius 2 is 1.74 bits per heavy atom. The van der Waals surface area contributed by atoms with Gasteiger partial charge in [-0.25, -0.2) is 4.98 Å². The summed E-state index contributed by atoms with van der Waals surface area (Å²) in [5, 5.41) is 3.18. The average Bonchev–Trinajstić information content (AvgIpc) is 3.15. The number of fused-ring (bicyclic) bond motifs is 1. The van der Waals surface area contributed by atoms with Crippen LogP contribution >= 0.6 is 0 Å². The van der Waals surface area contributed by atoms with E-state index < -0.39 is 0 Å². The van der Waals surface area contributed by atoms with Crippen LogP contribution in [0.15, 0.2) is 36.5 Å². The third-order valence-corrected chi connectivity index (χ3v) is 4.66. The van der Waals surface area contributed by atoms with Gasteiger partial charge >= 0.3 is 0 Å². The fourth-order valence-corrected chi connectivity index (χ4v) is 3.16. The Balaban J connectivity index is 1.44. The van der Waals surface area contributed by atoms with E-state index >= 15 is 0 Å². The zero-order valence-corrected chi connectivity index (χ0v) is 15.0. The first-order valence-electron chi connectivity index (χ1n) is 8.78. The topological polar surface area (TPSA) is 84.0 Å². The van der Waals surface area contributed by atoms with Gasteiger partial charge in [0.15, 0.2) is 11.5 Å². The minimum atomic E-state index is -0.0608. The molecule has 27 heavy (non-hydrogen) atoms. The Morgan fingerprint density at radius 1 is 1.00 bits per heavy atom. The summed E-state index contributed by atoms with van der Waals surface area (Å²) < 4.78 is 10.7. The number of carbonyl (C=O) groups excluding carboxylic acids is 2. The fraction of sp³-hybridized carbons (Fsp3) is 0.316. The molecule has 140 valence electrons. The molecule has 0 unspecified atom stereocenters. The van der Waals surface area contributed by atoms with Crippen LogP contribution in [0.4, 0.5) is 11.5 Å². The van der Waals surface area contributed by atoms with Crippen LogP contribution in [0.1, 0.15) is 17.3 Å². The molecule has 0 atom stereocenters. The smallest absolute Gasteiger partial charge is 0.254 e. The molecule has 4 rings (SSSR count). The number of pyridine rings is 1. The number of nitrogens with one attached hydrogen (secondary N) is 1. The molecular formula is C19H20N4O4. The number of rotatable bonds is 3. The van der Waals surface area contributed by atoms with E-state index in [2.05, 4.69) is 10.3 Å². The fourth-order valence-electron chi connectivity index (χ4n) is 3.16. The summed E-state index contributed by atoms with van der Waals surface area (Å²) in [6.45, 7) is 3.96. The largest absolute Gasteiger partial charge is 0.454 e. The first-order valence-corrected chi connectivity index (χ1v) is 8.78. The molecule has 2 aromatic rings. The molecule has 8 nitrogen and oxygen atoms in total. The Labute approximate surface area is 156 Å². The molecule has 0 radical (unpaired) electrons. The van der Waals surface area contributed by atoms with E-state index in [9.17, 15) is 9.59 Å². The molecule has 1 aromatic heterocycles. The lowest BCUT2D eigenvalue weighted by Gasteiger charge is -2.34. The molecule has 3 heterocycles. The maximum absolute atomic E-state index is 12.8. The Kier molecular flexibility index (Phi) is 4.53. The molecule has 1 N–H and O–H groups in total. The van der Waals surface area contributed by atoms with E-state index in [0.717, 1.165) is 5.69 Å². The Hall–Kier alpha value is -3.29. The Morgan fingerprint density at radius 3 is 2.52 bits per heavy atom. The highest BCUT2D eigenvalue weighted by atomic mass is 16.7. The number of benzene rings is 1. The number of aromatic nitrogens is 1. The summed E-state index contributed by atoms with van der Waals surface area (Å²) in [5.74, 6) is 1.94. The second kappa shape index (κ2) is 7.14. The highest BCUT2D eigenvalue weighted by Gasteiger charge is 2.23. The van der Waals surface area contributed by atoms with Crippen LogP contribution in [0.5, 0.6) is 11.5 Å². The van der Waals surface area contributed by atoms with Gasteiger partial charge in [0, 0.05) is 56.6 Å². The maximum Gasteiger partial charge on any atom is 0.254 e. The van der Waals surface area contributed by atoms with Crippen LogP contribution in [-0.2, 0) is 4.79 Å². The van der Waals surface area contributed by atoms with Crippen molar-refractivity contribution in [1.82, 2.24) is 14.8 Å². The van der Waals surface area contributed by atoms with Crippen LogP contribution in [-0.4, -0.2) is 59.6 Å². The molecule has 1 aromatic carbocycles. The lowest BCUT2D eigenvalue weighted by Crippen LogP contribution is -2.50. The van der Waals surface area contributed by atoms with Crippen molar-refractivity contribution in [1.29, 1.82) is 0 Å². The molecule has 1 fully saturated rings. The molecule has 1 saturated heterocycles. The normalized spacial score (nSPS) is 15.6. The quantitative estimate of drug-likeness (QED) is 0.890. The van der Waals surface area contributed by atoms with Gasteiger partial charge in [0.25, 0.3) is 5.91 Å². The van der Waals surface area contributed by atoms with Gasteiger partial charge in [-0.3, -0.25) is 9.59 Å². The van der Waals surface area contributed by atoms with Crippen molar-refractivity contribution in [3.05, 3.63) is 42.1 Å². The van der Waals surface area contributed by atoms with Crippen molar-refractivity contribution in [3.63, 3.8) is 0 Å². The maximum atomic E-state index is 12.8. The van der Waals surface area contributed by atoms with Crippen molar-refractivity contribution >= 4 is 23.3 Å². The number of nitrogens with zero attached hydrogens (tertiary/aromatic N) is 3. The van der Waals surface area contributed by atoms with Gasteiger partial charge in [-0.1, -0.05) is 0 Å². The molecule has 0 saturated carbocycles. The number of piperazine rings is 1. The third-order valence-electron chi connectivity index (χ3n) is 4.66. The zero-order valence-electron chi connectivity index (χ0n) is 15.0. The average molecular weight is 368 g/mol. The predicted molar refractivity (Wildman–Crippen MR) is 98.2 cm³/mol. The summed E-state index contributed by atoms with van der Waals surface area (Å²) in [5.41, 5.74) is 1.36. The Bertz CT molecular complexity index is 878. The lowest BCUT2D eigenvalue weighted by atomic mass is 10.2. The number of ether oxygens (including phenoxy) is 2. The summed E-state index contributed by atoms with van der Waals surface area (Å²) in [7, 11) is 0. The zero-order chi connectivity index (χ0) is 18.8. The van der Waals surface area contributed by atoms with Crippen LogP contribution in [0.2, 0.25) is 0 Å². The molecule has 0 aliphatic carbocycles. The molecule has 8 heteroatoms. The van der Waals surface area contributed by atoms with Crippen LogP contribution < -0.4 is 14.8 Å². The highest BCUT2D eigenvalue weighted by molar-refractivity contribution is 5.95. The molecule has 0 spiro atoms. The number of hydrogen-bond acceptors (Lipinski definition) is 6. The van der Waals surface area contributed by atoms with Gasteiger partial charge in [-0.05, 0) is 24.3 Å². The molecule has 2 aliphatic heterocycles. The van der Waals surface area contributed by atoms with Gasteiger partial charge in [-0.15, -0.1) is 0 Å². The van der Waals surface area contributed by atoms with Crippen molar-refractivity contribution in [2.75, 3.05) is 38.3 Å². The van der Waals surface area contributed by atoms with Crippen molar-refractivity contribution in [2.24, 2.45) is 0 Å². The molecule has 0 bridgehead atoms. The van der Waals surface area contributed by atoms with Gasteiger partial charge < -0.3 is 24.6 Å².